The molecule has 0 radical (unpaired) electrons. The van der Waals surface area contributed by atoms with Gasteiger partial charge in [0.05, 0.1) is 19.3 Å². The number of rotatable bonds is 2. The molecule has 1 aromatic heterocycles. The monoisotopic (exact) mass is 441 g/mol. The maximum absolute atomic E-state index is 11.9. The number of nitrogens with zero attached hydrogens (tertiary/aromatic N) is 3. The molecule has 1 aromatic rings. The summed E-state index contributed by atoms with van der Waals surface area (Å²) in [6.45, 7) is 4.32. The summed E-state index contributed by atoms with van der Waals surface area (Å²) in [4.78, 5) is 13.5. The maximum atomic E-state index is 11.9. The first-order valence-electron chi connectivity index (χ1n) is 8.94. The minimum atomic E-state index is -4.57. The van der Waals surface area contributed by atoms with Gasteiger partial charge in [0.25, 0.3) is 5.88 Å². The highest BCUT2D eigenvalue weighted by atomic mass is 19.4. The minimum absolute atomic E-state index is 0.214. The molecule has 0 amide bonds. The average molecular weight is 441 g/mol. The second-order valence-corrected chi connectivity index (χ2v) is 5.79. The highest BCUT2D eigenvalue weighted by molar-refractivity contribution is 5.82. The number of hydrogen-bond donors (Lipinski definition) is 2. The molecular formula is C18H27F4N3O5. The van der Waals surface area contributed by atoms with E-state index < -0.39 is 30.0 Å². The summed E-state index contributed by atoms with van der Waals surface area (Å²) >= 11 is 0. The molecule has 0 saturated carbocycles. The molecule has 3 unspecified atom stereocenters. The van der Waals surface area contributed by atoms with Crippen LogP contribution in [0.3, 0.4) is 0 Å². The highest BCUT2D eigenvalue weighted by Crippen LogP contribution is 2.28. The molecule has 3 atom stereocenters. The van der Waals surface area contributed by atoms with Gasteiger partial charge in [-0.05, 0) is 25.8 Å². The smallest absolute Gasteiger partial charge is 0.433 e. The molecular weight excluding hydrogens is 414 g/mol. The van der Waals surface area contributed by atoms with Crippen LogP contribution in [0.1, 0.15) is 32.4 Å². The van der Waals surface area contributed by atoms with E-state index in [0.29, 0.717) is 19.0 Å². The number of alkyl halides is 3. The first kappa shape index (κ1) is 27.7. The Morgan fingerprint density at radius 1 is 1.37 bits per heavy atom. The highest BCUT2D eigenvalue weighted by Gasteiger charge is 2.32. The fraction of sp³-hybridized carbons (Fsp3) is 0.611. The van der Waals surface area contributed by atoms with Crippen molar-refractivity contribution in [1.29, 1.82) is 0 Å². The molecule has 0 aromatic carbocycles. The molecule has 2 N–H and O–H groups in total. The van der Waals surface area contributed by atoms with Crippen LogP contribution in [0.2, 0.25) is 0 Å². The van der Waals surface area contributed by atoms with Gasteiger partial charge < -0.3 is 19.7 Å². The van der Waals surface area contributed by atoms with E-state index in [-0.39, 0.29) is 6.10 Å². The van der Waals surface area contributed by atoms with Gasteiger partial charge in [-0.25, -0.2) is 15.0 Å². The first-order chi connectivity index (χ1) is 14.1. The van der Waals surface area contributed by atoms with Gasteiger partial charge in [0.1, 0.15) is 11.8 Å². The van der Waals surface area contributed by atoms with Gasteiger partial charge in [-0.15, -0.1) is 0 Å². The zero-order valence-corrected chi connectivity index (χ0v) is 17.1. The summed E-state index contributed by atoms with van der Waals surface area (Å²) in [6, 6.07) is 3.14. The molecule has 1 aliphatic heterocycles. The van der Waals surface area contributed by atoms with Gasteiger partial charge >= 0.3 is 12.2 Å². The van der Waals surface area contributed by atoms with E-state index in [9.17, 15) is 17.7 Å². The van der Waals surface area contributed by atoms with Crippen LogP contribution in [0, 0.1) is 0 Å². The van der Waals surface area contributed by atoms with Crippen molar-refractivity contribution in [2.45, 2.75) is 51.2 Å². The lowest BCUT2D eigenvalue weighted by molar-refractivity contribution is -0.142. The molecule has 0 aliphatic carbocycles. The Labute approximate surface area is 172 Å². The molecule has 1 fully saturated rings. The summed E-state index contributed by atoms with van der Waals surface area (Å²) in [7, 11) is 3.20. The third kappa shape index (κ3) is 11.0. The molecule has 1 aliphatic rings. The van der Waals surface area contributed by atoms with E-state index >= 15 is 0 Å². The number of hydrogen-bond acceptors (Lipinski definition) is 7. The predicted octanol–water partition coefficient (Wildman–Crippen LogP) is 2.98. The summed E-state index contributed by atoms with van der Waals surface area (Å²) in [6.07, 6.45) is -2.87. The number of pyridine rings is 1. The first-order valence-corrected chi connectivity index (χ1v) is 8.94. The summed E-state index contributed by atoms with van der Waals surface area (Å²) in [5.41, 5.74) is -1.18. The van der Waals surface area contributed by atoms with Crippen molar-refractivity contribution in [1.82, 2.24) is 4.98 Å². The van der Waals surface area contributed by atoms with E-state index in [4.69, 9.17) is 19.7 Å². The third-order valence-corrected chi connectivity index (χ3v) is 3.52. The number of halogens is 4. The van der Waals surface area contributed by atoms with E-state index in [0.717, 1.165) is 24.6 Å². The number of methoxy groups -OCH3 is 1. The number of amidine groups is 1. The molecule has 12 heteroatoms. The summed E-state index contributed by atoms with van der Waals surface area (Å²) in [5.74, 6) is -0.704. The van der Waals surface area contributed by atoms with Crippen LogP contribution in [0.4, 0.5) is 17.7 Å². The van der Waals surface area contributed by atoms with E-state index in [1.807, 2.05) is 6.92 Å². The lowest BCUT2D eigenvalue weighted by atomic mass is 10.0. The fourth-order valence-electron chi connectivity index (χ4n) is 1.94. The Kier molecular flexibility index (Phi) is 13.5. The lowest BCUT2D eigenvalue weighted by Gasteiger charge is -2.29. The van der Waals surface area contributed by atoms with Gasteiger partial charge in [0.15, 0.2) is 0 Å². The molecule has 1 saturated heterocycles. The average Bonchev–Trinajstić information content (AvgIpc) is 2.73. The van der Waals surface area contributed by atoms with Crippen LogP contribution < -0.4 is 4.94 Å². The standard InChI is InChI=1S/C6H3F4NO.C6H12N2O.C6H12O3/c7-6(8,9)4-2-1-3-5(11-4)12-10;1-4-5-8-6(7-2)9-3;1-4-6(8)5(7)2-3-9-4/h1-3H;5H,4H2,1-3H3;4-8H,2-3H2,1H3/b;7-6?,8-5-;. The van der Waals surface area contributed by atoms with E-state index in [2.05, 4.69) is 19.9 Å². The van der Waals surface area contributed by atoms with Crippen molar-refractivity contribution in [3.63, 3.8) is 0 Å². The maximum Gasteiger partial charge on any atom is 0.433 e. The lowest BCUT2D eigenvalue weighted by Crippen LogP contribution is -2.42. The van der Waals surface area contributed by atoms with Crippen molar-refractivity contribution in [2.24, 2.45) is 9.98 Å². The van der Waals surface area contributed by atoms with Gasteiger partial charge in [-0.1, -0.05) is 13.0 Å². The van der Waals surface area contributed by atoms with Crippen LogP contribution in [0.25, 0.3) is 0 Å². The Morgan fingerprint density at radius 2 is 2.03 bits per heavy atom. The molecule has 8 nitrogen and oxygen atoms in total. The fourth-order valence-corrected chi connectivity index (χ4v) is 1.94. The normalized spacial score (nSPS) is 21.8. The van der Waals surface area contributed by atoms with Crippen molar-refractivity contribution < 1.29 is 42.3 Å². The third-order valence-electron chi connectivity index (χ3n) is 3.52. The molecule has 0 spiro atoms. The van der Waals surface area contributed by atoms with Gasteiger partial charge in [-0.2, -0.15) is 13.2 Å². The largest absolute Gasteiger partial charge is 0.467 e. The molecule has 2 rings (SSSR count). The Morgan fingerprint density at radius 3 is 2.47 bits per heavy atom. The van der Waals surface area contributed by atoms with Gasteiger partial charge in [0, 0.05) is 30.5 Å². The molecule has 0 bridgehead atoms. The number of ether oxygens (including phenoxy) is 2. The Balaban J connectivity index is 0.000000428. The summed E-state index contributed by atoms with van der Waals surface area (Å²) < 4.78 is 56.8. The zero-order chi connectivity index (χ0) is 23.2. The number of aliphatic hydroxyl groups excluding tert-OH is 2. The number of aromatic nitrogens is 1. The molecule has 172 valence electrons. The van der Waals surface area contributed by atoms with Crippen LogP contribution in [-0.4, -0.2) is 66.5 Å². The number of aliphatic imine (C=N–C) groups is 2. The van der Waals surface area contributed by atoms with Crippen molar-refractivity contribution in [2.75, 3.05) is 20.8 Å². The second kappa shape index (κ2) is 14.6. The van der Waals surface area contributed by atoms with Crippen LogP contribution in [-0.2, 0) is 15.7 Å². The van der Waals surface area contributed by atoms with Crippen molar-refractivity contribution >= 4 is 12.2 Å². The van der Waals surface area contributed by atoms with Crippen LogP contribution in [0.5, 0.6) is 5.88 Å². The summed E-state index contributed by atoms with van der Waals surface area (Å²) in [5, 5.41) is 18.1. The molecule has 2 heterocycles. The SMILES string of the molecule is CC/C=N\C(=NC)OC.CC1OCCC(O)C1O.FOc1cccc(C(F)(F)F)n1. The van der Waals surface area contributed by atoms with Gasteiger partial charge in [0.2, 0.25) is 0 Å². The van der Waals surface area contributed by atoms with E-state index in [1.165, 1.54) is 0 Å². The quantitative estimate of drug-likeness (QED) is 0.415. The van der Waals surface area contributed by atoms with Crippen molar-refractivity contribution in [3.05, 3.63) is 23.9 Å². The Hall–Kier alpha value is -2.31. The van der Waals surface area contributed by atoms with Gasteiger partial charge in [-0.3, -0.25) is 4.94 Å². The van der Waals surface area contributed by atoms with Crippen molar-refractivity contribution in [3.8, 4) is 5.88 Å². The van der Waals surface area contributed by atoms with Crippen LogP contribution in [0.15, 0.2) is 28.2 Å². The Bertz CT molecular complexity index is 649. The molecule has 30 heavy (non-hydrogen) atoms. The zero-order valence-electron chi connectivity index (χ0n) is 17.1. The minimum Gasteiger partial charge on any atom is -0.467 e. The predicted molar refractivity (Wildman–Crippen MR) is 102 cm³/mol. The second-order valence-electron chi connectivity index (χ2n) is 5.79. The van der Waals surface area contributed by atoms with E-state index in [1.54, 1.807) is 27.3 Å². The van der Waals surface area contributed by atoms with Crippen LogP contribution >= 0.6 is 0 Å². The number of aliphatic hydroxyl groups is 2. The topological polar surface area (TPSA) is 106 Å².